The minimum Gasteiger partial charge on any atom is -0.388 e. The summed E-state index contributed by atoms with van der Waals surface area (Å²) < 4.78 is 0. The molecule has 0 aromatic carbocycles. The average molecular weight is 176 g/mol. The fraction of sp³-hybridized carbons (Fsp3) is 0.667. The minimum atomic E-state index is 0.318. The van der Waals surface area contributed by atoms with Crippen LogP contribution in [-0.4, -0.2) is 28.0 Å². The topological polar surface area (TPSA) is 29.3 Å². The van der Waals surface area contributed by atoms with E-state index < -0.39 is 0 Å². The number of rotatable bonds is 2. The Morgan fingerprint density at radius 1 is 1.30 bits per heavy atom. The van der Waals surface area contributed by atoms with Gasteiger partial charge in [-0.3, -0.25) is 0 Å². The van der Waals surface area contributed by atoms with E-state index in [4.69, 9.17) is 30.2 Å². The van der Waals surface area contributed by atoms with Crippen LogP contribution in [0, 0.1) is 0 Å². The zero-order valence-electron chi connectivity index (χ0n) is 6.26. The molecule has 4 heteroatoms. The molecule has 0 radical (unpaired) electrons. The van der Waals surface area contributed by atoms with Crippen LogP contribution < -0.4 is 5.73 Å². The molecule has 0 heterocycles. The Hall–Kier alpha value is -0.220. The molecule has 0 aromatic rings. The lowest BCUT2D eigenvalue weighted by molar-refractivity contribution is 0.479. The molecule has 0 atom stereocenters. The molecule has 10 heavy (non-hydrogen) atoms. The molecule has 0 saturated heterocycles. The molecule has 0 aliphatic rings. The first-order valence-electron chi connectivity index (χ1n) is 3.22. The maximum atomic E-state index is 5.34. The van der Waals surface area contributed by atoms with Crippen molar-refractivity contribution in [2.24, 2.45) is 5.73 Å². The fourth-order valence-electron chi connectivity index (χ4n) is 0.667. The van der Waals surface area contributed by atoms with Crippen LogP contribution in [-0.2, 0) is 0 Å². The summed E-state index contributed by atoms with van der Waals surface area (Å²) in [7, 11) is 0. The maximum Gasteiger partial charge on any atom is 0.136 e. The molecule has 0 aliphatic carbocycles. The van der Waals surface area contributed by atoms with Gasteiger partial charge in [0.1, 0.15) is 9.98 Å². The van der Waals surface area contributed by atoms with Crippen molar-refractivity contribution in [3.63, 3.8) is 0 Å². The van der Waals surface area contributed by atoms with Gasteiger partial charge in [-0.2, -0.15) is 0 Å². The van der Waals surface area contributed by atoms with E-state index in [1.54, 1.807) is 0 Å². The Labute approximate surface area is 72.4 Å². The Morgan fingerprint density at radius 3 is 1.80 bits per heavy atom. The van der Waals surface area contributed by atoms with E-state index in [1.165, 1.54) is 0 Å². The summed E-state index contributed by atoms with van der Waals surface area (Å²) >= 11 is 9.68. The van der Waals surface area contributed by atoms with Gasteiger partial charge in [0.05, 0.1) is 0 Å². The molecule has 0 aromatic heterocycles. The van der Waals surface area contributed by atoms with Crippen molar-refractivity contribution in [3.8, 4) is 0 Å². The molecule has 2 nitrogen and oxygen atoms in total. The van der Waals surface area contributed by atoms with Gasteiger partial charge in [-0.05, 0) is 13.8 Å². The summed E-state index contributed by atoms with van der Waals surface area (Å²) in [4.78, 5) is 2.87. The monoisotopic (exact) mass is 176 g/mol. The summed E-state index contributed by atoms with van der Waals surface area (Å²) in [6.07, 6.45) is 0. The lowest BCUT2D eigenvalue weighted by atomic mass is 10.5. The van der Waals surface area contributed by atoms with Crippen LogP contribution in [0.5, 0.6) is 0 Å². The van der Waals surface area contributed by atoms with Crippen molar-refractivity contribution in [1.29, 1.82) is 0 Å². The van der Waals surface area contributed by atoms with Crippen LogP contribution in [0.4, 0.5) is 0 Å². The van der Waals surface area contributed by atoms with E-state index in [0.29, 0.717) is 9.98 Å². The fourth-order valence-corrected chi connectivity index (χ4v) is 1.05. The Bertz CT molecular complexity index is 141. The van der Waals surface area contributed by atoms with E-state index in [0.717, 1.165) is 13.1 Å². The van der Waals surface area contributed by atoms with Gasteiger partial charge in [-0.1, -0.05) is 24.4 Å². The highest BCUT2D eigenvalue weighted by Gasteiger charge is 2.05. The van der Waals surface area contributed by atoms with Crippen LogP contribution in [0.2, 0.25) is 0 Å². The Balaban J connectivity index is 4.02. The molecule has 0 bridgehead atoms. The number of thiocarbonyl (C=S) groups is 2. The third-order valence-corrected chi connectivity index (χ3v) is 2.06. The second kappa shape index (κ2) is 4.57. The second-order valence-corrected chi connectivity index (χ2v) is 2.67. The van der Waals surface area contributed by atoms with Gasteiger partial charge < -0.3 is 10.6 Å². The summed E-state index contributed by atoms with van der Waals surface area (Å²) in [5, 5.41) is 0. The summed E-state index contributed by atoms with van der Waals surface area (Å²) in [6.45, 7) is 5.78. The molecule has 0 aliphatic heterocycles. The van der Waals surface area contributed by atoms with Gasteiger partial charge in [0, 0.05) is 13.1 Å². The highest BCUT2D eigenvalue weighted by atomic mass is 32.1. The van der Waals surface area contributed by atoms with E-state index >= 15 is 0 Å². The van der Waals surface area contributed by atoms with Gasteiger partial charge >= 0.3 is 0 Å². The van der Waals surface area contributed by atoms with Crippen molar-refractivity contribution >= 4 is 34.4 Å². The molecule has 0 saturated carbocycles. The highest BCUT2D eigenvalue weighted by molar-refractivity contribution is 7.89. The summed E-state index contributed by atoms with van der Waals surface area (Å²) in [6, 6.07) is 0. The number of hydrogen-bond donors (Lipinski definition) is 1. The van der Waals surface area contributed by atoms with Crippen LogP contribution in [0.3, 0.4) is 0 Å². The molecule has 0 unspecified atom stereocenters. The van der Waals surface area contributed by atoms with Crippen LogP contribution in [0.15, 0.2) is 0 Å². The number of nitrogens with zero attached hydrogens (tertiary/aromatic N) is 1. The normalized spacial score (nSPS) is 9.00. The Morgan fingerprint density at radius 2 is 1.70 bits per heavy atom. The lowest BCUT2D eigenvalue weighted by Crippen LogP contribution is -2.37. The lowest BCUT2D eigenvalue weighted by Gasteiger charge is -2.19. The summed E-state index contributed by atoms with van der Waals surface area (Å²) in [5.74, 6) is 0. The number of hydrogen-bond acceptors (Lipinski definition) is 2. The van der Waals surface area contributed by atoms with E-state index in [2.05, 4.69) is 0 Å². The van der Waals surface area contributed by atoms with E-state index in [-0.39, 0.29) is 0 Å². The number of likely N-dealkylation sites (N-methyl/N-ethyl adjacent to an activating group) is 1. The minimum absolute atomic E-state index is 0.318. The van der Waals surface area contributed by atoms with Crippen LogP contribution >= 0.6 is 24.4 Å². The van der Waals surface area contributed by atoms with Gasteiger partial charge in [-0.15, -0.1) is 0 Å². The van der Waals surface area contributed by atoms with Gasteiger partial charge in [0.2, 0.25) is 0 Å². The predicted molar refractivity (Wildman–Crippen MR) is 52.3 cm³/mol. The van der Waals surface area contributed by atoms with Gasteiger partial charge in [0.25, 0.3) is 0 Å². The average Bonchev–Trinajstić information content (AvgIpc) is 1.90. The maximum absolute atomic E-state index is 5.34. The largest absolute Gasteiger partial charge is 0.388 e. The number of nitrogens with two attached hydrogens (primary N) is 1. The Kier molecular flexibility index (Phi) is 4.47. The third kappa shape index (κ3) is 2.58. The summed E-state index contributed by atoms with van der Waals surface area (Å²) in [5.41, 5.74) is 5.34. The van der Waals surface area contributed by atoms with E-state index in [1.807, 2.05) is 18.7 Å². The molecule has 0 rings (SSSR count). The first-order valence-corrected chi connectivity index (χ1v) is 4.03. The predicted octanol–water partition coefficient (Wildman–Crippen LogP) is 0.942. The van der Waals surface area contributed by atoms with Gasteiger partial charge in [-0.25, -0.2) is 0 Å². The van der Waals surface area contributed by atoms with Crippen molar-refractivity contribution < 1.29 is 0 Å². The zero-order chi connectivity index (χ0) is 8.15. The van der Waals surface area contributed by atoms with Crippen molar-refractivity contribution in [3.05, 3.63) is 0 Å². The van der Waals surface area contributed by atoms with Crippen molar-refractivity contribution in [2.45, 2.75) is 13.8 Å². The van der Waals surface area contributed by atoms with E-state index in [9.17, 15) is 0 Å². The standard InChI is InChI=1S/C6H12N2S2/c1-3-8(4-2)6(10)5(7)9/h3-4H2,1-2H3,(H2,7,9). The molecule has 0 spiro atoms. The molecule has 0 fully saturated rings. The molecular weight excluding hydrogens is 164 g/mol. The van der Waals surface area contributed by atoms with Crippen molar-refractivity contribution in [2.75, 3.05) is 13.1 Å². The molecule has 0 amide bonds. The second-order valence-electron chi connectivity index (χ2n) is 1.84. The van der Waals surface area contributed by atoms with Crippen LogP contribution in [0.1, 0.15) is 13.8 Å². The zero-order valence-corrected chi connectivity index (χ0v) is 7.89. The third-order valence-electron chi connectivity index (χ3n) is 1.26. The van der Waals surface area contributed by atoms with Crippen molar-refractivity contribution in [1.82, 2.24) is 4.90 Å². The van der Waals surface area contributed by atoms with Gasteiger partial charge in [0.15, 0.2) is 0 Å². The van der Waals surface area contributed by atoms with Crippen LogP contribution in [0.25, 0.3) is 0 Å². The molecule has 58 valence electrons. The first-order chi connectivity index (χ1) is 4.63. The highest BCUT2D eigenvalue weighted by Crippen LogP contribution is 1.91. The molecular formula is C6H12N2S2. The molecule has 2 N–H and O–H groups in total. The first kappa shape index (κ1) is 9.78. The SMILES string of the molecule is CCN(CC)C(=S)C(N)=S. The quantitative estimate of drug-likeness (QED) is 0.634. The smallest absolute Gasteiger partial charge is 0.136 e.